The molecule has 0 saturated carbocycles. The molecular formula is C17H18O5. The zero-order valence-electron chi connectivity index (χ0n) is 12.6. The van der Waals surface area contributed by atoms with Crippen LogP contribution in [0.5, 0.6) is 0 Å². The Bertz CT molecular complexity index is 554. The second-order valence-electron chi connectivity index (χ2n) is 3.95. The smallest absolute Gasteiger partial charge is 0.338 e. The predicted octanol–water partition coefficient (Wildman–Crippen LogP) is 2.69. The lowest BCUT2D eigenvalue weighted by Crippen LogP contribution is -1.96. The lowest BCUT2D eigenvalue weighted by molar-refractivity contribution is -0.150. The number of methoxy groups -OCH3 is 1. The average molecular weight is 302 g/mol. The van der Waals surface area contributed by atoms with E-state index in [0.29, 0.717) is 0 Å². The number of carbonyl (C=O) groups is 3. The molecule has 0 saturated heterocycles. The maximum atomic E-state index is 9.92. The summed E-state index contributed by atoms with van der Waals surface area (Å²) < 4.78 is 8.11. The van der Waals surface area contributed by atoms with Gasteiger partial charge < -0.3 is 9.47 Å². The van der Waals surface area contributed by atoms with Gasteiger partial charge in [0.1, 0.15) is 0 Å². The van der Waals surface area contributed by atoms with Crippen LogP contribution in [-0.4, -0.2) is 25.0 Å². The highest BCUT2D eigenvalue weighted by Gasteiger charge is 2.10. The number of ether oxygens (including phenoxy) is 2. The van der Waals surface area contributed by atoms with Crippen molar-refractivity contribution in [2.75, 3.05) is 7.11 Å². The minimum atomic E-state index is -0.579. The maximum absolute atomic E-state index is 9.92. The maximum Gasteiger partial charge on any atom is 0.338 e. The molecule has 0 N–H and O–H groups in total. The van der Waals surface area contributed by atoms with E-state index in [2.05, 4.69) is 34.8 Å². The van der Waals surface area contributed by atoms with E-state index in [1.165, 1.54) is 12.7 Å². The number of carbonyl (C=O) groups excluding carboxylic acids is 3. The van der Waals surface area contributed by atoms with Crippen LogP contribution in [0.3, 0.4) is 0 Å². The van der Waals surface area contributed by atoms with Crippen molar-refractivity contribution in [3.63, 3.8) is 0 Å². The van der Waals surface area contributed by atoms with Gasteiger partial charge in [-0.3, -0.25) is 0 Å². The fraction of sp³-hybridized carbons (Fsp3) is 0.118. The summed E-state index contributed by atoms with van der Waals surface area (Å²) in [7, 11) is 1.31. The molecule has 0 amide bonds. The molecule has 1 aliphatic heterocycles. The summed E-state index contributed by atoms with van der Waals surface area (Å²) in [5.41, 5.74) is 2.34. The van der Waals surface area contributed by atoms with Gasteiger partial charge in [0.25, 0.3) is 0 Å². The van der Waals surface area contributed by atoms with Gasteiger partial charge in [-0.2, -0.15) is 0 Å². The van der Waals surface area contributed by atoms with Crippen LogP contribution in [0.25, 0.3) is 5.57 Å². The number of hydrogen-bond acceptors (Lipinski definition) is 5. The topological polar surface area (TPSA) is 69.7 Å². The number of hydrogen-bond donors (Lipinski definition) is 0. The van der Waals surface area contributed by atoms with Gasteiger partial charge in [-0.1, -0.05) is 49.1 Å². The van der Waals surface area contributed by atoms with Crippen molar-refractivity contribution in [1.82, 2.24) is 0 Å². The van der Waals surface area contributed by atoms with Crippen molar-refractivity contribution in [3.05, 3.63) is 67.3 Å². The Morgan fingerprint density at radius 1 is 1.14 bits per heavy atom. The Balaban J connectivity index is 0.000000309. The molecule has 0 unspecified atom stereocenters. The highest BCUT2D eigenvalue weighted by atomic mass is 16.6. The van der Waals surface area contributed by atoms with E-state index in [4.69, 9.17) is 0 Å². The lowest BCUT2D eigenvalue weighted by atomic mass is 10.1. The molecule has 1 aromatic rings. The number of allylic oxidation sites excluding steroid dienone is 1. The van der Waals surface area contributed by atoms with E-state index >= 15 is 0 Å². The summed E-state index contributed by atoms with van der Waals surface area (Å²) in [6, 6.07) is 10.2. The molecule has 0 aromatic heterocycles. The standard InChI is InChI=1S/C9H10.C4H2O3.C4H6O2/c1-8(2)9-6-4-3-5-7-9;5-3-1-2-4(6)7-3;1-3-4(5)6-2/h3-7H,1H2,2H3;1-2H;3H,1H2,2H3. The zero-order valence-corrected chi connectivity index (χ0v) is 12.6. The van der Waals surface area contributed by atoms with E-state index < -0.39 is 17.9 Å². The van der Waals surface area contributed by atoms with Crippen LogP contribution < -0.4 is 0 Å². The predicted molar refractivity (Wildman–Crippen MR) is 83.6 cm³/mol. The minimum absolute atomic E-state index is 0.394. The monoisotopic (exact) mass is 302 g/mol. The first-order valence-electron chi connectivity index (χ1n) is 6.25. The Labute approximate surface area is 129 Å². The summed E-state index contributed by atoms with van der Waals surface area (Å²) in [4.78, 5) is 29.7. The molecule has 0 fully saturated rings. The van der Waals surface area contributed by atoms with Gasteiger partial charge in [-0.25, -0.2) is 14.4 Å². The Morgan fingerprint density at radius 2 is 1.64 bits per heavy atom. The highest BCUT2D eigenvalue weighted by molar-refractivity contribution is 6.04. The van der Waals surface area contributed by atoms with Gasteiger partial charge in [0, 0.05) is 18.2 Å². The van der Waals surface area contributed by atoms with E-state index in [1.54, 1.807) is 0 Å². The van der Waals surface area contributed by atoms with Crippen LogP contribution in [0.2, 0.25) is 0 Å². The van der Waals surface area contributed by atoms with Crippen LogP contribution >= 0.6 is 0 Å². The molecule has 0 atom stereocenters. The first-order valence-corrected chi connectivity index (χ1v) is 6.25. The molecule has 2 rings (SSSR count). The number of esters is 3. The Hall–Kier alpha value is -2.95. The van der Waals surface area contributed by atoms with E-state index in [9.17, 15) is 14.4 Å². The molecule has 116 valence electrons. The van der Waals surface area contributed by atoms with E-state index in [-0.39, 0.29) is 0 Å². The quantitative estimate of drug-likeness (QED) is 0.477. The van der Waals surface area contributed by atoms with Crippen molar-refractivity contribution >= 4 is 23.5 Å². The third kappa shape index (κ3) is 9.03. The van der Waals surface area contributed by atoms with Crippen LogP contribution in [0, 0.1) is 0 Å². The number of benzene rings is 1. The first-order chi connectivity index (χ1) is 10.4. The van der Waals surface area contributed by atoms with Crippen molar-refractivity contribution in [1.29, 1.82) is 0 Å². The van der Waals surface area contributed by atoms with Crippen molar-refractivity contribution in [2.24, 2.45) is 0 Å². The van der Waals surface area contributed by atoms with Crippen molar-refractivity contribution in [3.8, 4) is 0 Å². The molecule has 0 bridgehead atoms. The molecule has 1 heterocycles. The minimum Gasteiger partial charge on any atom is -0.466 e. The summed E-state index contributed by atoms with van der Waals surface area (Å²) in [6.07, 6.45) is 3.28. The molecular weight excluding hydrogens is 284 g/mol. The summed E-state index contributed by atoms with van der Waals surface area (Å²) in [6.45, 7) is 8.99. The summed E-state index contributed by atoms with van der Waals surface area (Å²) >= 11 is 0. The molecule has 5 heteroatoms. The third-order valence-corrected chi connectivity index (χ3v) is 2.19. The molecule has 1 aliphatic rings. The molecule has 0 radical (unpaired) electrons. The Morgan fingerprint density at radius 3 is 1.82 bits per heavy atom. The zero-order chi connectivity index (χ0) is 17.0. The van der Waals surface area contributed by atoms with Crippen LogP contribution in [-0.2, 0) is 23.9 Å². The van der Waals surface area contributed by atoms with Gasteiger partial charge in [0.15, 0.2) is 0 Å². The van der Waals surface area contributed by atoms with Gasteiger partial charge >= 0.3 is 17.9 Å². The van der Waals surface area contributed by atoms with Crippen LogP contribution in [0.15, 0.2) is 61.7 Å². The average Bonchev–Trinajstić information content (AvgIpc) is 2.91. The molecule has 5 nitrogen and oxygen atoms in total. The second-order valence-corrected chi connectivity index (χ2v) is 3.95. The SMILES string of the molecule is C=C(C)c1ccccc1.C=CC(=O)OC.O=C1C=CC(=O)O1. The number of rotatable bonds is 2. The lowest BCUT2D eigenvalue weighted by Gasteiger charge is -1.94. The van der Waals surface area contributed by atoms with E-state index in [0.717, 1.165) is 23.8 Å². The molecule has 0 aliphatic carbocycles. The molecule has 1 aromatic carbocycles. The van der Waals surface area contributed by atoms with Gasteiger partial charge in [0.05, 0.1) is 7.11 Å². The normalized spacial score (nSPS) is 11.2. The van der Waals surface area contributed by atoms with E-state index in [1.807, 2.05) is 25.1 Å². The van der Waals surface area contributed by atoms with Gasteiger partial charge in [-0.05, 0) is 12.5 Å². The van der Waals surface area contributed by atoms with Crippen molar-refractivity contribution in [2.45, 2.75) is 6.92 Å². The molecule has 22 heavy (non-hydrogen) atoms. The first kappa shape index (κ1) is 19.1. The fourth-order valence-electron chi connectivity index (χ4n) is 1.11. The van der Waals surface area contributed by atoms with Gasteiger partial charge in [-0.15, -0.1) is 0 Å². The van der Waals surface area contributed by atoms with Gasteiger partial charge in [0.2, 0.25) is 0 Å². The van der Waals surface area contributed by atoms with Crippen LogP contribution in [0.1, 0.15) is 12.5 Å². The van der Waals surface area contributed by atoms with Crippen molar-refractivity contribution < 1.29 is 23.9 Å². The second kappa shape index (κ2) is 10.8. The fourth-order valence-corrected chi connectivity index (χ4v) is 1.11. The largest absolute Gasteiger partial charge is 0.466 e. The number of cyclic esters (lactones) is 2. The summed E-state index contributed by atoms with van der Waals surface area (Å²) in [5, 5.41) is 0. The Kier molecular flexibility index (Phi) is 9.35. The van der Waals surface area contributed by atoms with Crippen LogP contribution in [0.4, 0.5) is 0 Å². The third-order valence-electron chi connectivity index (χ3n) is 2.19. The summed E-state index contributed by atoms with van der Waals surface area (Å²) in [5.74, 6) is -1.55. The molecule has 0 spiro atoms. The highest BCUT2D eigenvalue weighted by Crippen LogP contribution is 2.08.